The quantitative estimate of drug-likeness (QED) is 0.520. The van der Waals surface area contributed by atoms with Gasteiger partial charge in [-0.2, -0.15) is 0 Å². The highest BCUT2D eigenvalue weighted by Gasteiger charge is 2.23. The fourth-order valence-electron chi connectivity index (χ4n) is 3.52. The van der Waals surface area contributed by atoms with E-state index in [1.807, 2.05) is 28.9 Å². The Hall–Kier alpha value is -2.04. The van der Waals surface area contributed by atoms with Crippen LogP contribution in [0.3, 0.4) is 0 Å². The molecule has 10 heteroatoms. The fraction of sp³-hybridized carbons (Fsp3) is 0.476. The van der Waals surface area contributed by atoms with Crippen LogP contribution in [0.5, 0.6) is 11.6 Å². The molecule has 3 heterocycles. The molecule has 2 aromatic heterocycles. The molecule has 1 aliphatic heterocycles. The lowest BCUT2D eigenvalue weighted by Gasteiger charge is -2.26. The van der Waals surface area contributed by atoms with E-state index < -0.39 is 9.84 Å². The predicted molar refractivity (Wildman–Crippen MR) is 123 cm³/mol. The van der Waals surface area contributed by atoms with Gasteiger partial charge < -0.3 is 4.74 Å². The van der Waals surface area contributed by atoms with Crippen LogP contribution in [0, 0.1) is 5.41 Å². The number of hydrogen-bond acceptors (Lipinski definition) is 7. The second-order valence-corrected chi connectivity index (χ2v) is 12.1. The monoisotopic (exact) mass is 507 g/mol. The van der Waals surface area contributed by atoms with E-state index in [4.69, 9.17) is 4.74 Å². The summed E-state index contributed by atoms with van der Waals surface area (Å²) in [6.45, 7) is 8.85. The van der Waals surface area contributed by atoms with Crippen molar-refractivity contribution in [1.82, 2.24) is 24.9 Å². The van der Waals surface area contributed by atoms with Crippen LogP contribution in [0.15, 0.2) is 34.9 Å². The number of benzene rings is 1. The van der Waals surface area contributed by atoms with Gasteiger partial charge >= 0.3 is 0 Å². The van der Waals surface area contributed by atoms with Gasteiger partial charge in [0.1, 0.15) is 11.3 Å². The summed E-state index contributed by atoms with van der Waals surface area (Å²) in [6.07, 6.45) is 1.69. The Morgan fingerprint density at radius 3 is 2.61 bits per heavy atom. The number of aromatic nitrogens is 4. The largest absolute Gasteiger partial charge is 0.437 e. The predicted octanol–water partition coefficient (Wildman–Crippen LogP) is 3.66. The van der Waals surface area contributed by atoms with Crippen LogP contribution >= 0.6 is 15.9 Å². The summed E-state index contributed by atoms with van der Waals surface area (Å²) in [5, 5.41) is 8.64. The van der Waals surface area contributed by atoms with Crippen molar-refractivity contribution in [2.45, 2.75) is 33.9 Å². The Morgan fingerprint density at radius 1 is 1.16 bits per heavy atom. The first kappa shape index (κ1) is 22.2. The highest BCUT2D eigenvalue weighted by atomic mass is 79.9. The van der Waals surface area contributed by atoms with Crippen molar-refractivity contribution in [2.24, 2.45) is 5.41 Å². The number of halogens is 1. The molecular formula is C21H26BrN5O3S. The normalized spacial score (nSPS) is 17.2. The molecule has 0 saturated carbocycles. The van der Waals surface area contributed by atoms with Crippen molar-refractivity contribution < 1.29 is 13.2 Å². The Bertz CT molecular complexity index is 1190. The van der Waals surface area contributed by atoms with Gasteiger partial charge in [0, 0.05) is 37.9 Å². The minimum atomic E-state index is -2.91. The molecule has 0 unspecified atom stereocenters. The zero-order valence-corrected chi connectivity index (χ0v) is 20.3. The molecule has 8 nitrogen and oxygen atoms in total. The maximum Gasteiger partial charge on any atom is 0.223 e. The zero-order chi connectivity index (χ0) is 22.2. The molecule has 0 N–H and O–H groups in total. The van der Waals surface area contributed by atoms with Gasteiger partial charge in [0.25, 0.3) is 0 Å². The van der Waals surface area contributed by atoms with Gasteiger partial charge in [-0.15, -0.1) is 5.10 Å². The van der Waals surface area contributed by atoms with Gasteiger partial charge in [-0.3, -0.25) is 4.90 Å². The lowest BCUT2D eigenvalue weighted by molar-refractivity contribution is 0.282. The number of ether oxygens (including phenoxy) is 1. The molecular weight excluding hydrogens is 482 g/mol. The molecule has 31 heavy (non-hydrogen) atoms. The van der Waals surface area contributed by atoms with Crippen LogP contribution in [0.2, 0.25) is 0 Å². The highest BCUT2D eigenvalue weighted by Crippen LogP contribution is 2.36. The minimum absolute atomic E-state index is 0.0823. The smallest absolute Gasteiger partial charge is 0.223 e. The molecule has 3 aromatic rings. The average Bonchev–Trinajstić information content (AvgIpc) is 3.09. The lowest BCUT2D eigenvalue weighted by atomic mass is 9.97. The van der Waals surface area contributed by atoms with E-state index in [2.05, 4.69) is 56.9 Å². The molecule has 1 fully saturated rings. The third kappa shape index (κ3) is 5.24. The van der Waals surface area contributed by atoms with Crippen LogP contribution in [-0.2, 0) is 22.9 Å². The molecule has 0 amide bonds. The van der Waals surface area contributed by atoms with Gasteiger partial charge in [0.05, 0.1) is 21.5 Å². The molecule has 0 spiro atoms. The molecule has 1 aliphatic rings. The summed E-state index contributed by atoms with van der Waals surface area (Å²) in [5.41, 5.74) is 2.66. The first-order chi connectivity index (χ1) is 14.6. The number of sulfone groups is 1. The summed E-state index contributed by atoms with van der Waals surface area (Å²) < 4.78 is 32.2. The van der Waals surface area contributed by atoms with Crippen LogP contribution < -0.4 is 4.74 Å². The molecule has 0 atom stereocenters. The van der Waals surface area contributed by atoms with Gasteiger partial charge in [0.2, 0.25) is 5.88 Å². The number of pyridine rings is 1. The fourth-order valence-corrected chi connectivity index (χ4v) is 5.29. The lowest BCUT2D eigenvalue weighted by Crippen LogP contribution is -2.39. The Balaban J connectivity index is 1.56. The number of hydrogen-bond donors (Lipinski definition) is 0. The van der Waals surface area contributed by atoms with Crippen molar-refractivity contribution >= 4 is 36.8 Å². The summed E-state index contributed by atoms with van der Waals surface area (Å²) in [7, 11) is -2.91. The third-order valence-electron chi connectivity index (χ3n) is 5.10. The van der Waals surface area contributed by atoms with Crippen LogP contribution in [0.1, 0.15) is 26.3 Å². The molecule has 4 rings (SSSR count). The Morgan fingerprint density at radius 2 is 1.90 bits per heavy atom. The first-order valence-electron chi connectivity index (χ1n) is 10.2. The van der Waals surface area contributed by atoms with Crippen LogP contribution in [-0.4, -0.2) is 57.9 Å². The summed E-state index contributed by atoms with van der Waals surface area (Å²) >= 11 is 3.62. The van der Waals surface area contributed by atoms with E-state index in [0.717, 1.165) is 27.6 Å². The van der Waals surface area contributed by atoms with E-state index in [9.17, 15) is 8.42 Å². The maximum atomic E-state index is 11.7. The van der Waals surface area contributed by atoms with E-state index in [-0.39, 0.29) is 16.9 Å². The van der Waals surface area contributed by atoms with Crippen LogP contribution in [0.4, 0.5) is 0 Å². The topological polar surface area (TPSA) is 90.2 Å². The van der Waals surface area contributed by atoms with Crippen molar-refractivity contribution in [3.8, 4) is 11.6 Å². The highest BCUT2D eigenvalue weighted by molar-refractivity contribution is 9.10. The third-order valence-corrected chi connectivity index (χ3v) is 7.48. The summed E-state index contributed by atoms with van der Waals surface area (Å²) in [5.74, 6) is 1.49. The van der Waals surface area contributed by atoms with Gasteiger partial charge in [0.15, 0.2) is 9.84 Å². The van der Waals surface area contributed by atoms with Crippen molar-refractivity contribution in [3.05, 3.63) is 40.5 Å². The van der Waals surface area contributed by atoms with Crippen molar-refractivity contribution in [1.29, 1.82) is 0 Å². The second kappa shape index (κ2) is 8.48. The molecule has 0 aliphatic carbocycles. The van der Waals surface area contributed by atoms with E-state index in [1.54, 1.807) is 6.20 Å². The van der Waals surface area contributed by atoms with Crippen molar-refractivity contribution in [3.63, 3.8) is 0 Å². The Labute approximate surface area is 190 Å². The second-order valence-electron chi connectivity index (χ2n) is 9.05. The molecule has 1 aromatic carbocycles. The van der Waals surface area contributed by atoms with Crippen LogP contribution in [0.25, 0.3) is 11.0 Å². The van der Waals surface area contributed by atoms with Crippen molar-refractivity contribution in [2.75, 3.05) is 24.6 Å². The van der Waals surface area contributed by atoms with E-state index in [0.29, 0.717) is 31.3 Å². The number of nitrogens with zero attached hydrogens (tertiary/aromatic N) is 5. The minimum Gasteiger partial charge on any atom is -0.437 e. The van der Waals surface area contributed by atoms with Gasteiger partial charge in [-0.1, -0.05) is 32.1 Å². The SMILES string of the molecule is CC(C)(C)Cn1nnc2c(Br)c(Oc3ncccc3CN3CCS(=O)(=O)CC3)ccc21. The summed E-state index contributed by atoms with van der Waals surface area (Å²) in [6, 6.07) is 7.66. The number of rotatable bonds is 5. The standard InChI is InChI=1S/C21H26BrN5O3S/c1-21(2,3)14-27-16-6-7-17(18(22)19(16)24-25-27)30-20-15(5-4-8-23-20)13-26-9-11-31(28,29)12-10-26/h4-8H,9-14H2,1-3H3. The molecule has 1 saturated heterocycles. The maximum absolute atomic E-state index is 11.7. The van der Waals surface area contributed by atoms with Gasteiger partial charge in [-0.05, 0) is 39.5 Å². The number of fused-ring (bicyclic) bond motifs is 1. The van der Waals surface area contributed by atoms with E-state index in [1.165, 1.54) is 0 Å². The molecule has 166 valence electrons. The summed E-state index contributed by atoms with van der Waals surface area (Å²) in [4.78, 5) is 6.53. The molecule has 0 radical (unpaired) electrons. The first-order valence-corrected chi connectivity index (χ1v) is 12.8. The average molecular weight is 508 g/mol. The molecule has 0 bridgehead atoms. The zero-order valence-electron chi connectivity index (χ0n) is 17.9. The Kier molecular flexibility index (Phi) is 6.06. The van der Waals surface area contributed by atoms with Gasteiger partial charge in [-0.25, -0.2) is 18.1 Å². The van der Waals surface area contributed by atoms with E-state index >= 15 is 0 Å².